The second-order valence-electron chi connectivity index (χ2n) is 6.64. The van der Waals surface area contributed by atoms with E-state index in [0.29, 0.717) is 41.8 Å². The van der Waals surface area contributed by atoms with Gasteiger partial charge in [-0.05, 0) is 36.4 Å². The third kappa shape index (κ3) is 3.38. The number of halogens is 1. The van der Waals surface area contributed by atoms with E-state index in [2.05, 4.69) is 15.3 Å². The molecule has 6 nitrogen and oxygen atoms in total. The number of carbonyl (C=O) groups excluding carboxylic acids is 1. The monoisotopic (exact) mass is 389 g/mol. The Balaban J connectivity index is 1.43. The maximum absolute atomic E-state index is 13.0. The average molecular weight is 389 g/mol. The van der Waals surface area contributed by atoms with Crippen molar-refractivity contribution in [2.24, 2.45) is 0 Å². The summed E-state index contributed by atoms with van der Waals surface area (Å²) >= 11 is 0. The van der Waals surface area contributed by atoms with Crippen LogP contribution in [-0.4, -0.2) is 29.1 Å². The standard InChI is InChI=1S/C22H16FN3O3/c23-15-6-4-13(5-7-15)22(27)24-16-3-1-2-14(10-16)21-25-17-11-19-20(12-18(17)26-21)29-9-8-28-19/h1-7,10-12H,8-9H2,(H,24,27)(H,25,26). The van der Waals surface area contributed by atoms with Gasteiger partial charge in [0.1, 0.15) is 24.9 Å². The van der Waals surface area contributed by atoms with E-state index in [1.807, 2.05) is 30.3 Å². The van der Waals surface area contributed by atoms with Gasteiger partial charge in [-0.3, -0.25) is 4.79 Å². The molecule has 7 heteroatoms. The Morgan fingerprint density at radius 1 is 1.00 bits per heavy atom. The normalized spacial score (nSPS) is 12.7. The van der Waals surface area contributed by atoms with Crippen molar-refractivity contribution in [2.45, 2.75) is 0 Å². The summed E-state index contributed by atoms with van der Waals surface area (Å²) in [5.74, 6) is 1.35. The maximum atomic E-state index is 13.0. The summed E-state index contributed by atoms with van der Waals surface area (Å²) in [5.41, 5.74) is 3.42. The van der Waals surface area contributed by atoms with Crippen LogP contribution in [0.2, 0.25) is 0 Å². The quantitative estimate of drug-likeness (QED) is 0.545. The van der Waals surface area contributed by atoms with Crippen LogP contribution in [0, 0.1) is 5.82 Å². The molecule has 0 fully saturated rings. The average Bonchev–Trinajstić information content (AvgIpc) is 3.15. The van der Waals surface area contributed by atoms with E-state index in [1.165, 1.54) is 24.3 Å². The summed E-state index contributed by atoms with van der Waals surface area (Å²) in [6.45, 7) is 1.04. The summed E-state index contributed by atoms with van der Waals surface area (Å²) in [6.07, 6.45) is 0. The summed E-state index contributed by atoms with van der Waals surface area (Å²) in [7, 11) is 0. The van der Waals surface area contributed by atoms with Crippen molar-refractivity contribution in [3.8, 4) is 22.9 Å². The number of rotatable bonds is 3. The van der Waals surface area contributed by atoms with E-state index in [9.17, 15) is 9.18 Å². The SMILES string of the molecule is O=C(Nc1cccc(-c2nc3cc4c(cc3[nH]2)OCCO4)c1)c1ccc(F)cc1. The molecular formula is C22H16FN3O3. The number of aromatic amines is 1. The smallest absolute Gasteiger partial charge is 0.255 e. The molecule has 5 rings (SSSR count). The van der Waals surface area contributed by atoms with Crippen molar-refractivity contribution in [3.63, 3.8) is 0 Å². The third-order valence-corrected chi connectivity index (χ3v) is 4.65. The van der Waals surface area contributed by atoms with Crippen LogP contribution in [-0.2, 0) is 0 Å². The third-order valence-electron chi connectivity index (χ3n) is 4.65. The van der Waals surface area contributed by atoms with Crippen LogP contribution in [0.1, 0.15) is 10.4 Å². The number of amides is 1. The number of fused-ring (bicyclic) bond motifs is 2. The van der Waals surface area contributed by atoms with Gasteiger partial charge in [0.25, 0.3) is 5.91 Å². The van der Waals surface area contributed by atoms with Crippen LogP contribution in [0.15, 0.2) is 60.7 Å². The molecule has 0 spiro atoms. The molecule has 0 bridgehead atoms. The molecule has 144 valence electrons. The van der Waals surface area contributed by atoms with Gasteiger partial charge in [-0.1, -0.05) is 12.1 Å². The number of hydrogen-bond acceptors (Lipinski definition) is 4. The molecule has 2 heterocycles. The first-order chi connectivity index (χ1) is 14.2. The lowest BCUT2D eigenvalue weighted by molar-refractivity contribution is 0.102. The maximum Gasteiger partial charge on any atom is 0.255 e. The highest BCUT2D eigenvalue weighted by Crippen LogP contribution is 2.35. The number of ether oxygens (including phenoxy) is 2. The predicted molar refractivity (Wildman–Crippen MR) is 107 cm³/mol. The van der Waals surface area contributed by atoms with Gasteiger partial charge in [-0.15, -0.1) is 0 Å². The molecule has 0 radical (unpaired) electrons. The van der Waals surface area contributed by atoms with E-state index in [-0.39, 0.29) is 11.7 Å². The Labute approximate surface area is 165 Å². The number of benzene rings is 3. The molecule has 3 aromatic carbocycles. The van der Waals surface area contributed by atoms with Crippen LogP contribution in [0.4, 0.5) is 10.1 Å². The minimum atomic E-state index is -0.383. The van der Waals surface area contributed by atoms with E-state index in [4.69, 9.17) is 9.47 Å². The number of aromatic nitrogens is 2. The number of H-pyrrole nitrogens is 1. The molecule has 0 unspecified atom stereocenters. The molecule has 1 amide bonds. The van der Waals surface area contributed by atoms with Gasteiger partial charge in [0, 0.05) is 28.9 Å². The van der Waals surface area contributed by atoms with Gasteiger partial charge >= 0.3 is 0 Å². The second kappa shape index (κ2) is 6.94. The highest BCUT2D eigenvalue weighted by Gasteiger charge is 2.15. The van der Waals surface area contributed by atoms with Gasteiger partial charge in [0.15, 0.2) is 11.5 Å². The molecule has 0 saturated carbocycles. The Morgan fingerprint density at radius 3 is 2.55 bits per heavy atom. The van der Waals surface area contributed by atoms with Crippen molar-refractivity contribution < 1.29 is 18.7 Å². The molecule has 1 aromatic heterocycles. The summed E-state index contributed by atoms with van der Waals surface area (Å²) in [5, 5.41) is 2.82. The van der Waals surface area contributed by atoms with Crippen molar-refractivity contribution in [1.82, 2.24) is 9.97 Å². The molecule has 0 saturated heterocycles. The zero-order chi connectivity index (χ0) is 19.8. The van der Waals surface area contributed by atoms with E-state index in [1.54, 1.807) is 6.07 Å². The Hall–Kier alpha value is -3.87. The molecule has 29 heavy (non-hydrogen) atoms. The lowest BCUT2D eigenvalue weighted by atomic mass is 10.1. The highest BCUT2D eigenvalue weighted by molar-refractivity contribution is 6.04. The molecule has 4 aromatic rings. The zero-order valence-corrected chi connectivity index (χ0v) is 15.2. The van der Waals surface area contributed by atoms with Gasteiger partial charge < -0.3 is 19.8 Å². The largest absolute Gasteiger partial charge is 0.486 e. The van der Waals surface area contributed by atoms with Gasteiger partial charge in [0.05, 0.1) is 11.0 Å². The summed E-state index contributed by atoms with van der Waals surface area (Å²) < 4.78 is 24.3. The molecule has 0 aliphatic carbocycles. The summed E-state index contributed by atoms with van der Waals surface area (Å²) in [4.78, 5) is 20.3. The number of nitrogens with zero attached hydrogens (tertiary/aromatic N) is 1. The summed E-state index contributed by atoms with van der Waals surface area (Å²) in [6, 6.07) is 16.5. The molecule has 2 N–H and O–H groups in total. The van der Waals surface area contributed by atoms with Crippen LogP contribution in [0.25, 0.3) is 22.4 Å². The van der Waals surface area contributed by atoms with E-state index >= 15 is 0 Å². The fraction of sp³-hybridized carbons (Fsp3) is 0.0909. The zero-order valence-electron chi connectivity index (χ0n) is 15.2. The number of carbonyl (C=O) groups is 1. The van der Waals surface area contributed by atoms with Crippen molar-refractivity contribution >= 4 is 22.6 Å². The highest BCUT2D eigenvalue weighted by atomic mass is 19.1. The predicted octanol–water partition coefficient (Wildman–Crippen LogP) is 4.39. The lowest BCUT2D eigenvalue weighted by Crippen LogP contribution is -2.15. The number of imidazole rings is 1. The minimum Gasteiger partial charge on any atom is -0.486 e. The topological polar surface area (TPSA) is 76.2 Å². The molecular weight excluding hydrogens is 373 g/mol. The molecule has 0 atom stereocenters. The Bertz CT molecular complexity index is 1170. The molecule has 1 aliphatic heterocycles. The van der Waals surface area contributed by atoms with Crippen LogP contribution < -0.4 is 14.8 Å². The first kappa shape index (κ1) is 17.2. The van der Waals surface area contributed by atoms with E-state index in [0.717, 1.165) is 16.6 Å². The fourth-order valence-electron chi connectivity index (χ4n) is 3.23. The van der Waals surface area contributed by atoms with Crippen molar-refractivity contribution in [1.29, 1.82) is 0 Å². The first-order valence-corrected chi connectivity index (χ1v) is 9.12. The fourth-order valence-corrected chi connectivity index (χ4v) is 3.23. The number of anilines is 1. The van der Waals surface area contributed by atoms with E-state index < -0.39 is 0 Å². The Morgan fingerprint density at radius 2 is 1.76 bits per heavy atom. The van der Waals surface area contributed by atoms with Crippen LogP contribution >= 0.6 is 0 Å². The lowest BCUT2D eigenvalue weighted by Gasteiger charge is -2.17. The van der Waals surface area contributed by atoms with Crippen molar-refractivity contribution in [2.75, 3.05) is 18.5 Å². The van der Waals surface area contributed by atoms with Gasteiger partial charge in [-0.2, -0.15) is 0 Å². The minimum absolute atomic E-state index is 0.311. The van der Waals surface area contributed by atoms with Crippen molar-refractivity contribution in [3.05, 3.63) is 72.0 Å². The van der Waals surface area contributed by atoms with Gasteiger partial charge in [-0.25, -0.2) is 9.37 Å². The van der Waals surface area contributed by atoms with Crippen LogP contribution in [0.5, 0.6) is 11.5 Å². The first-order valence-electron chi connectivity index (χ1n) is 9.12. The second-order valence-corrected chi connectivity index (χ2v) is 6.64. The number of hydrogen-bond donors (Lipinski definition) is 2. The number of nitrogens with one attached hydrogen (secondary N) is 2. The molecule has 1 aliphatic rings. The Kier molecular flexibility index (Phi) is 4.13. The van der Waals surface area contributed by atoms with Crippen LogP contribution in [0.3, 0.4) is 0 Å². The van der Waals surface area contributed by atoms with Gasteiger partial charge in [0.2, 0.25) is 0 Å².